The Balaban J connectivity index is 1.99. The maximum Gasteiger partial charge on any atom is 0.305 e. The third kappa shape index (κ3) is 5.04. The molecule has 4 heteroatoms. The van der Waals surface area contributed by atoms with Gasteiger partial charge in [0.2, 0.25) is 0 Å². The van der Waals surface area contributed by atoms with Crippen LogP contribution >= 0.6 is 0 Å². The van der Waals surface area contributed by atoms with Crippen molar-refractivity contribution in [3.63, 3.8) is 0 Å². The average Bonchev–Trinajstić information content (AvgIpc) is 2.53. The van der Waals surface area contributed by atoms with Gasteiger partial charge in [-0.3, -0.25) is 9.59 Å². The van der Waals surface area contributed by atoms with Gasteiger partial charge in [0.1, 0.15) is 0 Å². The molecular weight excluding hydrogens is 292 g/mol. The highest BCUT2D eigenvalue weighted by Crippen LogP contribution is 2.21. The maximum absolute atomic E-state index is 11.3. The van der Waals surface area contributed by atoms with Crippen molar-refractivity contribution in [2.75, 3.05) is 0 Å². The summed E-state index contributed by atoms with van der Waals surface area (Å²) in [7, 11) is 0. The van der Waals surface area contributed by atoms with E-state index in [1.54, 1.807) is 6.92 Å². The van der Waals surface area contributed by atoms with Crippen LogP contribution in [0.25, 0.3) is 11.1 Å². The largest absolute Gasteiger partial charge is 0.481 e. The van der Waals surface area contributed by atoms with Gasteiger partial charge in [-0.2, -0.15) is 0 Å². The van der Waals surface area contributed by atoms with Crippen LogP contribution in [0.4, 0.5) is 0 Å². The Labute approximate surface area is 135 Å². The van der Waals surface area contributed by atoms with Crippen LogP contribution in [-0.2, 0) is 11.2 Å². The molecule has 0 saturated carbocycles. The number of rotatable bonds is 7. The highest BCUT2D eigenvalue weighted by Gasteiger charge is 2.09. The predicted molar refractivity (Wildman–Crippen MR) is 88.5 cm³/mol. The van der Waals surface area contributed by atoms with Gasteiger partial charge in [-0.1, -0.05) is 48.5 Å². The zero-order valence-electron chi connectivity index (χ0n) is 13.0. The lowest BCUT2D eigenvalue weighted by atomic mass is 9.99. The summed E-state index contributed by atoms with van der Waals surface area (Å²) in [5.74, 6) is -0.936. The van der Waals surface area contributed by atoms with Crippen molar-refractivity contribution >= 4 is 11.8 Å². The summed E-state index contributed by atoms with van der Waals surface area (Å²) in [5, 5.41) is 18.2. The molecule has 120 valence electrons. The first-order chi connectivity index (χ1) is 11.0. The van der Waals surface area contributed by atoms with E-state index >= 15 is 0 Å². The first-order valence-electron chi connectivity index (χ1n) is 7.56. The molecule has 0 saturated heterocycles. The second-order valence-electron chi connectivity index (χ2n) is 5.62. The number of Topliss-reactive ketones (excluding diaryl/α,β-unsaturated/α-hetero) is 1. The zero-order valence-corrected chi connectivity index (χ0v) is 13.0. The normalized spacial score (nSPS) is 11.9. The second kappa shape index (κ2) is 7.70. The van der Waals surface area contributed by atoms with E-state index < -0.39 is 12.1 Å². The number of carbonyl (C=O) groups is 2. The van der Waals surface area contributed by atoms with Crippen LogP contribution in [0.1, 0.15) is 35.7 Å². The van der Waals surface area contributed by atoms with Crippen LogP contribution in [0.3, 0.4) is 0 Å². The molecule has 23 heavy (non-hydrogen) atoms. The van der Waals surface area contributed by atoms with E-state index in [1.165, 1.54) is 0 Å². The minimum atomic E-state index is -0.984. The number of carboxylic acid groups (broad SMARTS) is 1. The van der Waals surface area contributed by atoms with Crippen molar-refractivity contribution in [1.82, 2.24) is 0 Å². The van der Waals surface area contributed by atoms with E-state index in [4.69, 9.17) is 5.11 Å². The number of hydrogen-bond donors (Lipinski definition) is 2. The summed E-state index contributed by atoms with van der Waals surface area (Å²) in [4.78, 5) is 21.8. The Kier molecular flexibility index (Phi) is 5.66. The van der Waals surface area contributed by atoms with Gasteiger partial charge in [0.15, 0.2) is 5.78 Å². The van der Waals surface area contributed by atoms with Gasteiger partial charge in [-0.05, 0) is 36.5 Å². The molecule has 0 spiro atoms. The van der Waals surface area contributed by atoms with Crippen molar-refractivity contribution in [3.8, 4) is 11.1 Å². The van der Waals surface area contributed by atoms with Crippen molar-refractivity contribution in [1.29, 1.82) is 0 Å². The molecule has 0 unspecified atom stereocenters. The molecular formula is C19H20O4. The lowest BCUT2D eigenvalue weighted by molar-refractivity contribution is -0.139. The molecule has 0 aromatic heterocycles. The molecule has 0 amide bonds. The van der Waals surface area contributed by atoms with Crippen LogP contribution in [-0.4, -0.2) is 28.1 Å². The SMILES string of the molecule is CC(=O)c1ccc(-c2ccc(CC[C@H](O)CC(=O)O)cc2)cc1. The van der Waals surface area contributed by atoms with Gasteiger partial charge >= 0.3 is 5.97 Å². The van der Waals surface area contributed by atoms with E-state index in [1.807, 2.05) is 48.5 Å². The lowest BCUT2D eigenvalue weighted by Gasteiger charge is -2.08. The van der Waals surface area contributed by atoms with E-state index in [0.29, 0.717) is 18.4 Å². The maximum atomic E-state index is 11.3. The van der Waals surface area contributed by atoms with Crippen LogP contribution in [0.15, 0.2) is 48.5 Å². The highest BCUT2D eigenvalue weighted by atomic mass is 16.4. The molecule has 2 aromatic rings. The number of ketones is 1. The summed E-state index contributed by atoms with van der Waals surface area (Å²) < 4.78 is 0. The van der Waals surface area contributed by atoms with Crippen molar-refractivity contribution in [2.45, 2.75) is 32.3 Å². The Bertz CT molecular complexity index is 672. The average molecular weight is 312 g/mol. The highest BCUT2D eigenvalue weighted by molar-refractivity contribution is 5.94. The minimum Gasteiger partial charge on any atom is -0.481 e. The number of hydrogen-bond acceptors (Lipinski definition) is 3. The first-order valence-corrected chi connectivity index (χ1v) is 7.56. The third-order valence-electron chi connectivity index (χ3n) is 3.76. The molecule has 0 aliphatic heterocycles. The fourth-order valence-corrected chi connectivity index (χ4v) is 2.40. The summed E-state index contributed by atoms with van der Waals surface area (Å²) >= 11 is 0. The summed E-state index contributed by atoms with van der Waals surface area (Å²) in [6, 6.07) is 15.4. The van der Waals surface area contributed by atoms with E-state index in [9.17, 15) is 14.7 Å². The molecule has 0 heterocycles. The van der Waals surface area contributed by atoms with Gasteiger partial charge < -0.3 is 10.2 Å². The second-order valence-corrected chi connectivity index (χ2v) is 5.62. The molecule has 0 bridgehead atoms. The van der Waals surface area contributed by atoms with Crippen molar-refractivity contribution in [3.05, 3.63) is 59.7 Å². The quantitative estimate of drug-likeness (QED) is 0.769. The number of aryl methyl sites for hydroxylation is 1. The standard InChI is InChI=1S/C19H20O4/c1-13(20)15-7-9-17(10-8-15)16-5-2-14(3-6-16)4-11-18(21)12-19(22)23/h2-3,5-10,18,21H,4,11-12H2,1H3,(H,22,23)/t18-/m0/s1. The number of benzene rings is 2. The Morgan fingerprint density at radius 2 is 1.48 bits per heavy atom. The first kappa shape index (κ1) is 16.9. The molecule has 1 atom stereocenters. The van der Waals surface area contributed by atoms with Crippen LogP contribution in [0, 0.1) is 0 Å². The number of aliphatic carboxylic acids is 1. The Morgan fingerprint density at radius 1 is 0.957 bits per heavy atom. The predicted octanol–water partition coefficient (Wildman–Crippen LogP) is 3.32. The van der Waals surface area contributed by atoms with Crippen LogP contribution in [0.5, 0.6) is 0 Å². The van der Waals surface area contributed by atoms with Gasteiger partial charge in [0.05, 0.1) is 12.5 Å². The molecule has 0 aliphatic rings. The van der Waals surface area contributed by atoms with E-state index in [2.05, 4.69) is 0 Å². The fraction of sp³-hybridized carbons (Fsp3) is 0.263. The Hall–Kier alpha value is -2.46. The number of carboxylic acids is 1. The van der Waals surface area contributed by atoms with Gasteiger partial charge in [0.25, 0.3) is 0 Å². The molecule has 0 aliphatic carbocycles. The molecule has 0 radical (unpaired) electrons. The third-order valence-corrected chi connectivity index (χ3v) is 3.76. The van der Waals surface area contributed by atoms with Gasteiger partial charge in [-0.25, -0.2) is 0 Å². The summed E-state index contributed by atoms with van der Waals surface area (Å²) in [6.45, 7) is 1.54. The van der Waals surface area contributed by atoms with Crippen LogP contribution < -0.4 is 0 Å². The molecule has 0 fully saturated rings. The molecule has 4 nitrogen and oxygen atoms in total. The summed E-state index contributed by atoms with van der Waals surface area (Å²) in [5.41, 5.74) is 3.83. The van der Waals surface area contributed by atoms with Crippen LogP contribution in [0.2, 0.25) is 0 Å². The van der Waals surface area contributed by atoms with Gasteiger partial charge in [0, 0.05) is 5.56 Å². The van der Waals surface area contributed by atoms with Crippen molar-refractivity contribution in [2.24, 2.45) is 0 Å². The topological polar surface area (TPSA) is 74.6 Å². The molecule has 2 rings (SSSR count). The van der Waals surface area contributed by atoms with Gasteiger partial charge in [-0.15, -0.1) is 0 Å². The van der Waals surface area contributed by atoms with E-state index in [-0.39, 0.29) is 12.2 Å². The summed E-state index contributed by atoms with van der Waals surface area (Å²) in [6.07, 6.45) is 0.0312. The number of aliphatic hydroxyl groups excluding tert-OH is 1. The molecule has 2 N–H and O–H groups in total. The lowest BCUT2D eigenvalue weighted by Crippen LogP contribution is -2.13. The van der Waals surface area contributed by atoms with Crippen molar-refractivity contribution < 1.29 is 19.8 Å². The fourth-order valence-electron chi connectivity index (χ4n) is 2.40. The number of aliphatic hydroxyl groups is 1. The number of carbonyl (C=O) groups excluding carboxylic acids is 1. The minimum absolute atomic E-state index is 0.0480. The monoisotopic (exact) mass is 312 g/mol. The Morgan fingerprint density at radius 3 is 1.96 bits per heavy atom. The zero-order chi connectivity index (χ0) is 16.8. The molecule has 2 aromatic carbocycles. The van der Waals surface area contributed by atoms with E-state index in [0.717, 1.165) is 16.7 Å². The smallest absolute Gasteiger partial charge is 0.305 e.